The predicted molar refractivity (Wildman–Crippen MR) is 91.1 cm³/mol. The van der Waals surface area contributed by atoms with Crippen LogP contribution < -0.4 is 10.1 Å². The summed E-state index contributed by atoms with van der Waals surface area (Å²) >= 11 is 0. The number of aryl methyl sites for hydroxylation is 1. The SMILES string of the molecule is Cc1cccc(OCCNC(=O)C(C)N2CCC(C)(C(=O)O)C2)c1. The van der Waals surface area contributed by atoms with Gasteiger partial charge in [0.05, 0.1) is 18.0 Å². The molecule has 2 rings (SSSR count). The van der Waals surface area contributed by atoms with Crippen molar-refractivity contribution >= 4 is 11.9 Å². The molecule has 1 saturated heterocycles. The minimum atomic E-state index is -0.802. The number of ether oxygens (including phenoxy) is 1. The number of aliphatic carboxylic acids is 1. The molecule has 1 aromatic carbocycles. The molecule has 0 saturated carbocycles. The minimum absolute atomic E-state index is 0.0996. The van der Waals surface area contributed by atoms with Crippen molar-refractivity contribution in [2.75, 3.05) is 26.2 Å². The molecule has 1 aromatic rings. The molecular weight excluding hydrogens is 308 g/mol. The molecule has 0 radical (unpaired) electrons. The Morgan fingerprint density at radius 3 is 2.83 bits per heavy atom. The third kappa shape index (κ3) is 4.47. The van der Waals surface area contributed by atoms with Gasteiger partial charge in [0.15, 0.2) is 0 Å². The van der Waals surface area contributed by atoms with E-state index in [-0.39, 0.29) is 11.9 Å². The van der Waals surface area contributed by atoms with E-state index in [0.717, 1.165) is 11.3 Å². The van der Waals surface area contributed by atoms with E-state index >= 15 is 0 Å². The van der Waals surface area contributed by atoms with Gasteiger partial charge in [-0.3, -0.25) is 14.5 Å². The molecule has 1 aliphatic heterocycles. The van der Waals surface area contributed by atoms with Gasteiger partial charge in [-0.05, 0) is 44.9 Å². The molecular formula is C18H26N2O4. The van der Waals surface area contributed by atoms with Crippen LogP contribution in [0.5, 0.6) is 5.75 Å². The summed E-state index contributed by atoms with van der Waals surface area (Å²) in [6.45, 7) is 7.38. The van der Waals surface area contributed by atoms with Gasteiger partial charge in [0, 0.05) is 13.1 Å². The van der Waals surface area contributed by atoms with Crippen molar-refractivity contribution in [2.45, 2.75) is 33.2 Å². The van der Waals surface area contributed by atoms with E-state index in [1.807, 2.05) is 43.0 Å². The molecule has 6 heteroatoms. The maximum atomic E-state index is 12.2. The van der Waals surface area contributed by atoms with Crippen LogP contribution in [0.15, 0.2) is 24.3 Å². The predicted octanol–water partition coefficient (Wildman–Crippen LogP) is 1.68. The number of carbonyl (C=O) groups is 2. The first-order valence-corrected chi connectivity index (χ1v) is 8.26. The van der Waals surface area contributed by atoms with Crippen LogP contribution in [0.1, 0.15) is 25.8 Å². The minimum Gasteiger partial charge on any atom is -0.492 e. The molecule has 6 nitrogen and oxygen atoms in total. The van der Waals surface area contributed by atoms with E-state index in [0.29, 0.717) is 32.7 Å². The number of benzene rings is 1. The molecule has 2 atom stereocenters. The lowest BCUT2D eigenvalue weighted by atomic mass is 9.90. The summed E-state index contributed by atoms with van der Waals surface area (Å²) in [5, 5.41) is 12.1. The zero-order valence-corrected chi connectivity index (χ0v) is 14.5. The Morgan fingerprint density at radius 1 is 1.46 bits per heavy atom. The third-order valence-electron chi connectivity index (χ3n) is 4.61. The smallest absolute Gasteiger partial charge is 0.310 e. The van der Waals surface area contributed by atoms with Gasteiger partial charge in [-0.25, -0.2) is 0 Å². The monoisotopic (exact) mass is 334 g/mol. The number of hydrogen-bond acceptors (Lipinski definition) is 4. The van der Waals surface area contributed by atoms with Crippen molar-refractivity contribution in [3.8, 4) is 5.75 Å². The number of rotatable bonds is 7. The molecule has 24 heavy (non-hydrogen) atoms. The molecule has 2 N–H and O–H groups in total. The highest BCUT2D eigenvalue weighted by Gasteiger charge is 2.42. The summed E-state index contributed by atoms with van der Waals surface area (Å²) < 4.78 is 5.60. The van der Waals surface area contributed by atoms with Gasteiger partial charge >= 0.3 is 5.97 Å². The quantitative estimate of drug-likeness (QED) is 0.742. The molecule has 1 aliphatic rings. The van der Waals surface area contributed by atoms with E-state index in [9.17, 15) is 14.7 Å². The maximum absolute atomic E-state index is 12.2. The lowest BCUT2D eigenvalue weighted by molar-refractivity contribution is -0.147. The van der Waals surface area contributed by atoms with Crippen molar-refractivity contribution in [2.24, 2.45) is 5.41 Å². The average molecular weight is 334 g/mol. The van der Waals surface area contributed by atoms with E-state index < -0.39 is 11.4 Å². The first-order chi connectivity index (χ1) is 11.3. The van der Waals surface area contributed by atoms with Crippen LogP contribution in [0.4, 0.5) is 0 Å². The highest BCUT2D eigenvalue weighted by atomic mass is 16.5. The normalized spacial score (nSPS) is 22.1. The Hall–Kier alpha value is -2.08. The van der Waals surface area contributed by atoms with Crippen LogP contribution in [-0.2, 0) is 9.59 Å². The standard InChI is InChI=1S/C18H26N2O4/c1-13-5-4-6-15(11-13)24-10-8-19-16(21)14(2)20-9-7-18(3,12-20)17(22)23/h4-6,11,14H,7-10,12H2,1-3H3,(H,19,21)(H,22,23). The molecule has 0 bridgehead atoms. The van der Waals surface area contributed by atoms with Crippen molar-refractivity contribution in [3.63, 3.8) is 0 Å². The first kappa shape index (κ1) is 18.3. The Kier molecular flexibility index (Phi) is 5.83. The van der Waals surface area contributed by atoms with Gasteiger partial charge in [0.25, 0.3) is 0 Å². The second-order valence-corrected chi connectivity index (χ2v) is 6.72. The molecule has 0 aromatic heterocycles. The van der Waals surface area contributed by atoms with E-state index in [4.69, 9.17) is 4.74 Å². The molecule has 132 valence electrons. The summed E-state index contributed by atoms with van der Waals surface area (Å²) in [5.74, 6) is -0.115. The molecule has 1 heterocycles. The average Bonchev–Trinajstić information content (AvgIpc) is 2.94. The summed E-state index contributed by atoms with van der Waals surface area (Å²) in [4.78, 5) is 25.4. The number of carbonyl (C=O) groups excluding carboxylic acids is 1. The van der Waals surface area contributed by atoms with E-state index in [2.05, 4.69) is 5.32 Å². The van der Waals surface area contributed by atoms with Gasteiger partial charge in [0.2, 0.25) is 5.91 Å². The molecule has 0 spiro atoms. The molecule has 0 aliphatic carbocycles. The second-order valence-electron chi connectivity index (χ2n) is 6.72. The van der Waals surface area contributed by atoms with Crippen molar-refractivity contribution in [3.05, 3.63) is 29.8 Å². The first-order valence-electron chi connectivity index (χ1n) is 8.26. The number of nitrogens with zero attached hydrogens (tertiary/aromatic N) is 1. The van der Waals surface area contributed by atoms with Gasteiger partial charge in [0.1, 0.15) is 12.4 Å². The van der Waals surface area contributed by atoms with E-state index in [1.54, 1.807) is 6.92 Å². The van der Waals surface area contributed by atoms with Crippen molar-refractivity contribution in [1.82, 2.24) is 10.2 Å². The number of carboxylic acid groups (broad SMARTS) is 1. The number of nitrogens with one attached hydrogen (secondary N) is 1. The molecule has 1 amide bonds. The molecule has 1 fully saturated rings. The Balaban J connectivity index is 1.73. The fraction of sp³-hybridized carbons (Fsp3) is 0.556. The summed E-state index contributed by atoms with van der Waals surface area (Å²) in [5.41, 5.74) is 0.365. The number of hydrogen-bond donors (Lipinski definition) is 2. The number of carboxylic acids is 1. The van der Waals surface area contributed by atoms with Crippen LogP contribution >= 0.6 is 0 Å². The summed E-state index contributed by atoms with van der Waals surface area (Å²) in [6, 6.07) is 7.41. The fourth-order valence-electron chi connectivity index (χ4n) is 2.86. The zero-order valence-electron chi connectivity index (χ0n) is 14.5. The van der Waals surface area contributed by atoms with Gasteiger partial charge in [-0.1, -0.05) is 12.1 Å². The lowest BCUT2D eigenvalue weighted by Crippen LogP contribution is -2.46. The van der Waals surface area contributed by atoms with Crippen molar-refractivity contribution in [1.29, 1.82) is 0 Å². The van der Waals surface area contributed by atoms with Crippen molar-refractivity contribution < 1.29 is 19.4 Å². The highest BCUT2D eigenvalue weighted by Crippen LogP contribution is 2.31. The Labute approximate surface area is 142 Å². The van der Waals surface area contributed by atoms with Crippen LogP contribution in [0.2, 0.25) is 0 Å². The number of amides is 1. The van der Waals surface area contributed by atoms with Crippen LogP contribution in [0.3, 0.4) is 0 Å². The van der Waals surface area contributed by atoms with Gasteiger partial charge < -0.3 is 15.2 Å². The van der Waals surface area contributed by atoms with Crippen LogP contribution in [0, 0.1) is 12.3 Å². The topological polar surface area (TPSA) is 78.9 Å². The molecule has 2 unspecified atom stereocenters. The van der Waals surface area contributed by atoms with Gasteiger partial charge in [-0.2, -0.15) is 0 Å². The zero-order chi connectivity index (χ0) is 17.7. The summed E-state index contributed by atoms with van der Waals surface area (Å²) in [7, 11) is 0. The fourth-order valence-corrected chi connectivity index (χ4v) is 2.86. The Bertz CT molecular complexity index is 604. The van der Waals surface area contributed by atoms with E-state index in [1.165, 1.54) is 0 Å². The van der Waals surface area contributed by atoms with Gasteiger partial charge in [-0.15, -0.1) is 0 Å². The third-order valence-corrected chi connectivity index (χ3v) is 4.61. The van der Waals surface area contributed by atoms with Crippen LogP contribution in [0.25, 0.3) is 0 Å². The largest absolute Gasteiger partial charge is 0.492 e. The second kappa shape index (κ2) is 7.66. The Morgan fingerprint density at radius 2 is 2.21 bits per heavy atom. The summed E-state index contributed by atoms with van der Waals surface area (Å²) in [6.07, 6.45) is 0.566. The van der Waals surface area contributed by atoms with Crippen LogP contribution in [-0.4, -0.2) is 54.2 Å². The highest BCUT2D eigenvalue weighted by molar-refractivity contribution is 5.81. The number of likely N-dealkylation sites (tertiary alicyclic amines) is 1. The lowest BCUT2D eigenvalue weighted by Gasteiger charge is -2.25. The maximum Gasteiger partial charge on any atom is 0.310 e.